The van der Waals surface area contributed by atoms with Crippen LogP contribution >= 0.6 is 0 Å². The van der Waals surface area contributed by atoms with Gasteiger partial charge in [-0.15, -0.1) is 0 Å². The second-order valence-electron chi connectivity index (χ2n) is 8.87. The number of esters is 1. The summed E-state index contributed by atoms with van der Waals surface area (Å²) in [4.78, 5) is 45.1. The number of aliphatic hydroxyl groups is 1. The van der Waals surface area contributed by atoms with Crippen LogP contribution in [0.3, 0.4) is 0 Å². The smallest absolute Gasteiger partial charge is 0.354 e. The van der Waals surface area contributed by atoms with E-state index in [1.807, 2.05) is 0 Å². The van der Waals surface area contributed by atoms with Gasteiger partial charge in [-0.25, -0.2) is 4.79 Å². The number of H-pyrrole nitrogens is 1. The fourth-order valence-electron chi connectivity index (χ4n) is 4.84. The molecule has 2 fully saturated rings. The number of nitrogens with zero attached hydrogens (tertiary/aromatic N) is 2. The number of Topliss-reactive ketones (excluding diaryl/α,β-unsaturated/α-hetero) is 1. The van der Waals surface area contributed by atoms with Crippen molar-refractivity contribution >= 4 is 23.4 Å². The van der Waals surface area contributed by atoms with E-state index in [0.29, 0.717) is 54.5 Å². The van der Waals surface area contributed by atoms with Gasteiger partial charge in [0.05, 0.1) is 25.9 Å². The number of methoxy groups -OCH3 is 1. The van der Waals surface area contributed by atoms with Gasteiger partial charge in [-0.05, 0) is 44.9 Å². The summed E-state index contributed by atoms with van der Waals surface area (Å²) in [6.07, 6.45) is 0.651. The third-order valence-corrected chi connectivity index (χ3v) is 6.61. The second kappa shape index (κ2) is 10.1. The van der Waals surface area contributed by atoms with Crippen LogP contribution in [-0.2, 0) is 19.1 Å². The summed E-state index contributed by atoms with van der Waals surface area (Å²) in [5.74, 6) is -1.39. The van der Waals surface area contributed by atoms with E-state index >= 15 is 0 Å². The minimum atomic E-state index is -0.872. The van der Waals surface area contributed by atoms with Gasteiger partial charge >= 0.3 is 5.97 Å². The van der Waals surface area contributed by atoms with Gasteiger partial charge in [0.25, 0.3) is 11.7 Å². The van der Waals surface area contributed by atoms with E-state index < -0.39 is 23.7 Å². The maximum absolute atomic E-state index is 13.2. The van der Waals surface area contributed by atoms with Crippen molar-refractivity contribution in [3.8, 4) is 0 Å². The number of aromatic nitrogens is 1. The molecule has 0 unspecified atom stereocenters. The van der Waals surface area contributed by atoms with Crippen molar-refractivity contribution in [3.05, 3.63) is 51.7 Å². The zero-order valence-electron chi connectivity index (χ0n) is 20.5. The molecule has 188 valence electrons. The Hall–Kier alpha value is -3.37. The van der Waals surface area contributed by atoms with Gasteiger partial charge in [0, 0.05) is 37.4 Å². The fourth-order valence-corrected chi connectivity index (χ4v) is 4.84. The summed E-state index contributed by atoms with van der Waals surface area (Å²) < 4.78 is 16.0. The number of morpholine rings is 1. The Balaban J connectivity index is 1.72. The molecule has 0 aromatic carbocycles. The third-order valence-electron chi connectivity index (χ3n) is 6.61. The topological polar surface area (TPSA) is 125 Å². The Morgan fingerprint density at radius 1 is 1.17 bits per heavy atom. The highest BCUT2D eigenvalue weighted by Crippen LogP contribution is 2.41. The third kappa shape index (κ3) is 4.63. The highest BCUT2D eigenvalue weighted by Gasteiger charge is 2.47. The Morgan fingerprint density at radius 2 is 1.89 bits per heavy atom. The molecule has 1 amide bonds. The number of likely N-dealkylation sites (tertiary alicyclic amines) is 1. The highest BCUT2D eigenvalue weighted by atomic mass is 16.5. The van der Waals surface area contributed by atoms with Crippen molar-refractivity contribution in [1.29, 1.82) is 0 Å². The van der Waals surface area contributed by atoms with Gasteiger partial charge in [0.2, 0.25) is 0 Å². The van der Waals surface area contributed by atoms with Crippen LogP contribution in [0, 0.1) is 20.8 Å². The van der Waals surface area contributed by atoms with E-state index in [4.69, 9.17) is 13.9 Å². The zero-order valence-corrected chi connectivity index (χ0v) is 20.5. The SMILES string of the molecule is COC(=O)c1[nH]c(C)c(C(O)=C2C(=O)C(=O)N(CCCN3CCOCC3)[C@H]2c2ccc(C)o2)c1C. The van der Waals surface area contributed by atoms with E-state index in [-0.39, 0.29) is 17.0 Å². The summed E-state index contributed by atoms with van der Waals surface area (Å²) >= 11 is 0. The molecular weight excluding hydrogens is 454 g/mol. The van der Waals surface area contributed by atoms with Crippen molar-refractivity contribution in [1.82, 2.24) is 14.8 Å². The number of amides is 1. The van der Waals surface area contributed by atoms with Crippen molar-refractivity contribution in [2.24, 2.45) is 0 Å². The summed E-state index contributed by atoms with van der Waals surface area (Å²) in [7, 11) is 1.26. The van der Waals surface area contributed by atoms with Gasteiger partial charge in [0.1, 0.15) is 29.0 Å². The van der Waals surface area contributed by atoms with Crippen LogP contribution in [0.1, 0.15) is 51.3 Å². The first kappa shape index (κ1) is 24.7. The minimum Gasteiger partial charge on any atom is -0.507 e. The molecule has 2 aliphatic rings. The predicted molar refractivity (Wildman–Crippen MR) is 126 cm³/mol. The maximum Gasteiger partial charge on any atom is 0.354 e. The molecule has 2 aliphatic heterocycles. The number of nitrogens with one attached hydrogen (secondary N) is 1. The number of ether oxygens (including phenoxy) is 2. The van der Waals surface area contributed by atoms with Gasteiger partial charge in [-0.3, -0.25) is 14.5 Å². The van der Waals surface area contributed by atoms with Crippen molar-refractivity contribution in [2.75, 3.05) is 46.5 Å². The maximum atomic E-state index is 13.2. The molecule has 0 spiro atoms. The molecule has 0 radical (unpaired) electrons. The molecule has 0 saturated carbocycles. The van der Waals surface area contributed by atoms with Gasteiger partial charge in [-0.1, -0.05) is 0 Å². The average molecular weight is 486 g/mol. The lowest BCUT2D eigenvalue weighted by atomic mass is 9.97. The van der Waals surface area contributed by atoms with Crippen LogP contribution in [0.25, 0.3) is 5.76 Å². The number of aryl methyl sites for hydroxylation is 2. The van der Waals surface area contributed by atoms with Crippen LogP contribution in [0.4, 0.5) is 0 Å². The number of aromatic amines is 1. The first-order chi connectivity index (χ1) is 16.7. The first-order valence-electron chi connectivity index (χ1n) is 11.7. The average Bonchev–Trinajstić information content (AvgIpc) is 3.48. The Kier molecular flexibility index (Phi) is 7.13. The van der Waals surface area contributed by atoms with Crippen LogP contribution in [0.2, 0.25) is 0 Å². The van der Waals surface area contributed by atoms with Crippen LogP contribution in [0.15, 0.2) is 22.1 Å². The summed E-state index contributed by atoms with van der Waals surface area (Å²) in [6.45, 7) is 9.20. The Labute approximate surface area is 203 Å². The van der Waals surface area contributed by atoms with Crippen molar-refractivity contribution < 1.29 is 33.4 Å². The number of carbonyl (C=O) groups is 3. The first-order valence-corrected chi connectivity index (χ1v) is 11.7. The molecule has 0 bridgehead atoms. The van der Waals surface area contributed by atoms with Crippen LogP contribution in [0.5, 0.6) is 0 Å². The molecule has 1 atom stereocenters. The molecule has 2 aromatic heterocycles. The number of ketones is 1. The number of rotatable bonds is 7. The number of hydrogen-bond donors (Lipinski definition) is 2. The lowest BCUT2D eigenvalue weighted by molar-refractivity contribution is -0.140. The molecule has 10 heteroatoms. The molecule has 4 heterocycles. The molecule has 2 aromatic rings. The number of hydrogen-bond acceptors (Lipinski definition) is 8. The molecule has 2 saturated heterocycles. The fraction of sp³-hybridized carbons (Fsp3) is 0.480. The minimum absolute atomic E-state index is 0.0580. The Bertz CT molecular complexity index is 1170. The number of carbonyl (C=O) groups excluding carboxylic acids is 3. The summed E-state index contributed by atoms with van der Waals surface area (Å²) in [5, 5.41) is 11.4. The van der Waals surface area contributed by atoms with E-state index in [9.17, 15) is 19.5 Å². The zero-order chi connectivity index (χ0) is 25.3. The molecule has 35 heavy (non-hydrogen) atoms. The Morgan fingerprint density at radius 3 is 2.51 bits per heavy atom. The largest absolute Gasteiger partial charge is 0.507 e. The normalized spacial score (nSPS) is 20.6. The van der Waals surface area contributed by atoms with Crippen LogP contribution in [-0.4, -0.2) is 84.1 Å². The highest BCUT2D eigenvalue weighted by molar-refractivity contribution is 6.46. The van der Waals surface area contributed by atoms with Crippen LogP contribution < -0.4 is 0 Å². The molecule has 0 aliphatic carbocycles. The molecular formula is C25H31N3O7. The molecule has 4 rings (SSSR count). The predicted octanol–water partition coefficient (Wildman–Crippen LogP) is 2.46. The van der Waals surface area contributed by atoms with E-state index in [0.717, 1.165) is 19.6 Å². The van der Waals surface area contributed by atoms with E-state index in [2.05, 4.69) is 9.88 Å². The quantitative estimate of drug-likeness (QED) is 0.265. The standard InChI is InChI=1S/C25H31N3O7/c1-14-6-7-17(35-14)21-19(22(29)18-15(2)20(25(32)33-4)26-16(18)3)23(30)24(31)28(21)9-5-8-27-10-12-34-13-11-27/h6-7,21,26,29H,5,8-13H2,1-4H3/t21-/m0/s1. The lowest BCUT2D eigenvalue weighted by Gasteiger charge is -2.28. The van der Waals surface area contributed by atoms with E-state index in [1.54, 1.807) is 32.9 Å². The lowest BCUT2D eigenvalue weighted by Crippen LogP contribution is -2.38. The second-order valence-corrected chi connectivity index (χ2v) is 8.87. The monoisotopic (exact) mass is 485 g/mol. The van der Waals surface area contributed by atoms with Gasteiger partial charge < -0.3 is 28.9 Å². The van der Waals surface area contributed by atoms with Gasteiger partial charge in [-0.2, -0.15) is 0 Å². The molecule has 2 N–H and O–H groups in total. The summed E-state index contributed by atoms with van der Waals surface area (Å²) in [5.41, 5.74) is 1.33. The van der Waals surface area contributed by atoms with Crippen molar-refractivity contribution in [3.63, 3.8) is 0 Å². The number of aliphatic hydroxyl groups excluding tert-OH is 1. The van der Waals surface area contributed by atoms with E-state index in [1.165, 1.54) is 12.0 Å². The summed E-state index contributed by atoms with van der Waals surface area (Å²) in [6, 6.07) is 2.60. The number of furan rings is 1. The molecule has 10 nitrogen and oxygen atoms in total. The van der Waals surface area contributed by atoms with Gasteiger partial charge in [0.15, 0.2) is 0 Å². The van der Waals surface area contributed by atoms with Crippen molar-refractivity contribution in [2.45, 2.75) is 33.2 Å².